The van der Waals surface area contributed by atoms with Gasteiger partial charge in [0.15, 0.2) is 0 Å². The highest BCUT2D eigenvalue weighted by atomic mass is 32.1. The minimum atomic E-state index is -0.191. The van der Waals surface area contributed by atoms with Gasteiger partial charge in [-0.3, -0.25) is 9.59 Å². The van der Waals surface area contributed by atoms with Crippen molar-refractivity contribution in [1.82, 2.24) is 9.88 Å². The van der Waals surface area contributed by atoms with Gasteiger partial charge in [-0.25, -0.2) is 0 Å². The molecule has 5 nitrogen and oxygen atoms in total. The minimum absolute atomic E-state index is 0.0360. The van der Waals surface area contributed by atoms with E-state index in [4.69, 9.17) is 4.74 Å². The zero-order valence-electron chi connectivity index (χ0n) is 10.0. The number of nitrogens with one attached hydrogen (secondary N) is 1. The van der Waals surface area contributed by atoms with Crippen molar-refractivity contribution in [3.8, 4) is 0 Å². The van der Waals surface area contributed by atoms with E-state index in [1.807, 2.05) is 11.4 Å². The molecule has 0 unspecified atom stereocenters. The first-order valence-corrected chi connectivity index (χ1v) is 6.42. The second-order valence-corrected chi connectivity index (χ2v) is 4.74. The lowest BCUT2D eigenvalue weighted by Gasteiger charge is -2.06. The van der Waals surface area contributed by atoms with E-state index in [0.717, 1.165) is 4.70 Å². The molecule has 0 aromatic carbocycles. The van der Waals surface area contributed by atoms with E-state index in [9.17, 15) is 9.59 Å². The third-order valence-electron chi connectivity index (χ3n) is 2.53. The fourth-order valence-electron chi connectivity index (χ4n) is 1.63. The van der Waals surface area contributed by atoms with Crippen molar-refractivity contribution in [3.05, 3.63) is 34.1 Å². The Morgan fingerprint density at radius 1 is 1.50 bits per heavy atom. The van der Waals surface area contributed by atoms with Gasteiger partial charge in [0, 0.05) is 24.6 Å². The van der Waals surface area contributed by atoms with Crippen molar-refractivity contribution in [2.45, 2.75) is 6.54 Å². The van der Waals surface area contributed by atoms with Crippen LogP contribution in [0.25, 0.3) is 10.1 Å². The average molecular weight is 266 g/mol. The molecule has 96 valence electrons. The van der Waals surface area contributed by atoms with Gasteiger partial charge in [-0.1, -0.05) is 0 Å². The van der Waals surface area contributed by atoms with Gasteiger partial charge in [0.1, 0.15) is 6.54 Å². The van der Waals surface area contributed by atoms with Gasteiger partial charge in [-0.15, -0.1) is 11.3 Å². The van der Waals surface area contributed by atoms with Crippen molar-refractivity contribution < 1.29 is 9.53 Å². The summed E-state index contributed by atoms with van der Waals surface area (Å²) in [6, 6.07) is 3.63. The number of nitrogens with zero attached hydrogens (tertiary/aromatic N) is 1. The van der Waals surface area contributed by atoms with Crippen LogP contribution in [0.1, 0.15) is 0 Å². The average Bonchev–Trinajstić information content (AvgIpc) is 2.82. The summed E-state index contributed by atoms with van der Waals surface area (Å²) in [5, 5.41) is 5.21. The molecule has 0 radical (unpaired) electrons. The Morgan fingerprint density at radius 2 is 2.33 bits per heavy atom. The molecule has 2 heterocycles. The molecular weight excluding hydrogens is 252 g/mol. The van der Waals surface area contributed by atoms with E-state index in [-0.39, 0.29) is 18.0 Å². The first-order valence-electron chi connectivity index (χ1n) is 5.54. The van der Waals surface area contributed by atoms with Crippen LogP contribution in [0.4, 0.5) is 0 Å². The monoisotopic (exact) mass is 266 g/mol. The zero-order valence-corrected chi connectivity index (χ0v) is 10.8. The molecular formula is C12H14N2O3S. The molecule has 0 aliphatic carbocycles. The molecule has 1 N–H and O–H groups in total. The second kappa shape index (κ2) is 5.79. The number of hydrogen-bond donors (Lipinski definition) is 1. The molecule has 1 amide bonds. The number of methoxy groups -OCH3 is 1. The summed E-state index contributed by atoms with van der Waals surface area (Å²) in [6.45, 7) is 0.948. The SMILES string of the molecule is COCCNC(=O)Cn1ccc2sccc2c1=O. The van der Waals surface area contributed by atoms with Crippen molar-refractivity contribution >= 4 is 27.3 Å². The number of pyridine rings is 1. The quantitative estimate of drug-likeness (QED) is 0.815. The van der Waals surface area contributed by atoms with Crippen LogP contribution in [-0.2, 0) is 16.1 Å². The van der Waals surface area contributed by atoms with Gasteiger partial charge in [-0.2, -0.15) is 0 Å². The smallest absolute Gasteiger partial charge is 0.259 e. The number of fused-ring (bicyclic) bond motifs is 1. The van der Waals surface area contributed by atoms with Crippen LogP contribution in [0.2, 0.25) is 0 Å². The fourth-order valence-corrected chi connectivity index (χ4v) is 2.41. The summed E-state index contributed by atoms with van der Waals surface area (Å²) in [5.41, 5.74) is -0.129. The molecule has 0 aliphatic rings. The zero-order chi connectivity index (χ0) is 13.0. The lowest BCUT2D eigenvalue weighted by atomic mass is 10.3. The molecule has 0 spiro atoms. The Kier molecular flexibility index (Phi) is 4.11. The number of thiophene rings is 1. The first-order chi connectivity index (χ1) is 8.72. The van der Waals surface area contributed by atoms with E-state index in [0.29, 0.717) is 18.5 Å². The lowest BCUT2D eigenvalue weighted by molar-refractivity contribution is -0.121. The molecule has 0 bridgehead atoms. The molecule has 0 aliphatic heterocycles. The van der Waals surface area contributed by atoms with E-state index in [1.54, 1.807) is 19.4 Å². The summed E-state index contributed by atoms with van der Waals surface area (Å²) in [7, 11) is 1.57. The summed E-state index contributed by atoms with van der Waals surface area (Å²) in [6.07, 6.45) is 1.65. The maximum atomic E-state index is 12.0. The topological polar surface area (TPSA) is 60.3 Å². The third-order valence-corrected chi connectivity index (χ3v) is 3.42. The van der Waals surface area contributed by atoms with Gasteiger partial charge in [0.2, 0.25) is 5.91 Å². The van der Waals surface area contributed by atoms with Gasteiger partial charge < -0.3 is 14.6 Å². The molecule has 18 heavy (non-hydrogen) atoms. The van der Waals surface area contributed by atoms with Crippen molar-refractivity contribution in [2.75, 3.05) is 20.3 Å². The Bertz CT molecular complexity index is 603. The van der Waals surface area contributed by atoms with Crippen LogP contribution in [0.5, 0.6) is 0 Å². The largest absolute Gasteiger partial charge is 0.383 e. The summed E-state index contributed by atoms with van der Waals surface area (Å²) >= 11 is 1.52. The molecule has 2 rings (SSSR count). The number of carbonyl (C=O) groups excluding carboxylic acids is 1. The molecule has 0 saturated carbocycles. The van der Waals surface area contributed by atoms with Crippen molar-refractivity contribution in [3.63, 3.8) is 0 Å². The minimum Gasteiger partial charge on any atom is -0.383 e. The van der Waals surface area contributed by atoms with E-state index >= 15 is 0 Å². The van der Waals surface area contributed by atoms with Crippen LogP contribution in [0.3, 0.4) is 0 Å². The third kappa shape index (κ3) is 2.77. The summed E-state index contributed by atoms with van der Waals surface area (Å²) in [4.78, 5) is 23.6. The summed E-state index contributed by atoms with van der Waals surface area (Å²) < 4.78 is 7.19. The van der Waals surface area contributed by atoms with Crippen LogP contribution in [0.15, 0.2) is 28.5 Å². The molecule has 2 aromatic rings. The lowest BCUT2D eigenvalue weighted by Crippen LogP contribution is -2.33. The maximum absolute atomic E-state index is 12.0. The van der Waals surface area contributed by atoms with E-state index in [1.165, 1.54) is 15.9 Å². The predicted octanol–water partition coefficient (Wildman–Crippen LogP) is 0.826. The highest BCUT2D eigenvalue weighted by Crippen LogP contribution is 2.15. The Hall–Kier alpha value is -1.66. The molecule has 6 heteroatoms. The van der Waals surface area contributed by atoms with Crippen LogP contribution < -0.4 is 10.9 Å². The van der Waals surface area contributed by atoms with Gasteiger partial charge in [0.25, 0.3) is 5.56 Å². The molecule has 0 fully saturated rings. The Morgan fingerprint density at radius 3 is 3.11 bits per heavy atom. The van der Waals surface area contributed by atoms with Crippen molar-refractivity contribution in [2.24, 2.45) is 0 Å². The van der Waals surface area contributed by atoms with E-state index < -0.39 is 0 Å². The van der Waals surface area contributed by atoms with Gasteiger partial charge in [-0.05, 0) is 17.5 Å². The number of hydrogen-bond acceptors (Lipinski definition) is 4. The molecule has 0 atom stereocenters. The number of rotatable bonds is 5. The standard InChI is InChI=1S/C12H14N2O3S/c1-17-6-4-13-11(15)8-14-5-2-10-9(12(14)16)3-7-18-10/h2-3,5,7H,4,6,8H2,1H3,(H,13,15). The van der Waals surface area contributed by atoms with Crippen LogP contribution in [0, 0.1) is 0 Å². The molecule has 2 aromatic heterocycles. The highest BCUT2D eigenvalue weighted by molar-refractivity contribution is 7.17. The van der Waals surface area contributed by atoms with E-state index in [2.05, 4.69) is 5.32 Å². The highest BCUT2D eigenvalue weighted by Gasteiger charge is 2.07. The first kappa shape index (κ1) is 12.8. The normalized spacial score (nSPS) is 10.7. The van der Waals surface area contributed by atoms with Crippen LogP contribution in [-0.4, -0.2) is 30.7 Å². The second-order valence-electron chi connectivity index (χ2n) is 3.79. The Labute approximate surface area is 108 Å². The van der Waals surface area contributed by atoms with Crippen molar-refractivity contribution in [1.29, 1.82) is 0 Å². The maximum Gasteiger partial charge on any atom is 0.259 e. The molecule has 0 saturated heterocycles. The summed E-state index contributed by atoms with van der Waals surface area (Å²) in [5.74, 6) is -0.191. The van der Waals surface area contributed by atoms with Gasteiger partial charge in [0.05, 0.1) is 12.0 Å². The number of carbonyl (C=O) groups is 1. The predicted molar refractivity (Wildman–Crippen MR) is 71.0 cm³/mol. The van der Waals surface area contributed by atoms with Crippen LogP contribution >= 0.6 is 11.3 Å². The number of ether oxygens (including phenoxy) is 1. The number of aromatic nitrogens is 1. The van der Waals surface area contributed by atoms with Gasteiger partial charge >= 0.3 is 0 Å². The Balaban J connectivity index is 2.09. The fraction of sp³-hybridized carbons (Fsp3) is 0.333. The number of amides is 1.